The van der Waals surface area contributed by atoms with Gasteiger partial charge in [0.1, 0.15) is 24.0 Å². The lowest BCUT2D eigenvalue weighted by Crippen LogP contribution is -2.28. The van der Waals surface area contributed by atoms with E-state index in [0.717, 1.165) is 24.1 Å². The third-order valence-corrected chi connectivity index (χ3v) is 5.59. The summed E-state index contributed by atoms with van der Waals surface area (Å²) < 4.78 is 45.9. The van der Waals surface area contributed by atoms with Crippen molar-refractivity contribution in [2.24, 2.45) is 15.7 Å². The molecule has 192 valence electrons. The van der Waals surface area contributed by atoms with Crippen LogP contribution >= 0.6 is 0 Å². The van der Waals surface area contributed by atoms with Gasteiger partial charge in [-0.2, -0.15) is 0 Å². The molecule has 3 atom stereocenters. The Kier molecular flexibility index (Phi) is 7.71. The number of pyridine rings is 1. The molecular formula is C26H24F3N5O3. The second-order valence-electron chi connectivity index (χ2n) is 8.32. The number of amides is 1. The van der Waals surface area contributed by atoms with Crippen molar-refractivity contribution < 1.29 is 27.4 Å². The van der Waals surface area contributed by atoms with Crippen molar-refractivity contribution in [3.8, 4) is 5.75 Å². The van der Waals surface area contributed by atoms with Gasteiger partial charge < -0.3 is 20.5 Å². The fraction of sp³-hybridized carbons (Fsp3) is 0.231. The van der Waals surface area contributed by atoms with E-state index in [-0.39, 0.29) is 23.5 Å². The number of ether oxygens (including phenoxy) is 2. The van der Waals surface area contributed by atoms with Crippen LogP contribution in [0.15, 0.2) is 82.9 Å². The van der Waals surface area contributed by atoms with Crippen molar-refractivity contribution in [2.75, 3.05) is 0 Å². The van der Waals surface area contributed by atoms with Gasteiger partial charge in [0.15, 0.2) is 0 Å². The molecule has 37 heavy (non-hydrogen) atoms. The summed E-state index contributed by atoms with van der Waals surface area (Å²) in [6, 6.07) is 18.0. The first-order chi connectivity index (χ1) is 17.7. The van der Waals surface area contributed by atoms with Crippen LogP contribution in [-0.2, 0) is 4.74 Å². The molecule has 1 aromatic heterocycles. The molecule has 3 aromatic rings. The largest absolute Gasteiger partial charge is 0.573 e. The summed E-state index contributed by atoms with van der Waals surface area (Å²) in [6.07, 6.45) is -2.01. The molecule has 1 amide bonds. The number of carbonyl (C=O) groups excluding carboxylic acids is 1. The van der Waals surface area contributed by atoms with Gasteiger partial charge in [-0.25, -0.2) is 14.8 Å². The van der Waals surface area contributed by atoms with Gasteiger partial charge in [-0.15, -0.1) is 13.2 Å². The lowest BCUT2D eigenvalue weighted by atomic mass is 10.1. The Balaban J connectivity index is 1.26. The maximum Gasteiger partial charge on any atom is 0.573 e. The average molecular weight is 512 g/mol. The lowest BCUT2D eigenvalue weighted by Gasteiger charge is -2.13. The summed E-state index contributed by atoms with van der Waals surface area (Å²) in [5.74, 6) is 0.0688. The molecule has 3 N–H and O–H groups in total. The molecule has 1 saturated carbocycles. The van der Waals surface area contributed by atoms with Crippen LogP contribution in [0.2, 0.25) is 0 Å². The van der Waals surface area contributed by atoms with E-state index < -0.39 is 18.6 Å². The van der Waals surface area contributed by atoms with Gasteiger partial charge in [0.2, 0.25) is 0 Å². The number of carbonyl (C=O) groups is 1. The first-order valence-corrected chi connectivity index (χ1v) is 11.4. The lowest BCUT2D eigenvalue weighted by molar-refractivity contribution is -0.274. The van der Waals surface area contributed by atoms with Crippen LogP contribution in [0.1, 0.15) is 42.2 Å². The molecule has 11 heteroatoms. The molecular weight excluding hydrogens is 487 g/mol. The molecule has 1 aliphatic carbocycles. The molecule has 0 spiro atoms. The number of alkyl carbamates (subject to hydrolysis) is 1. The predicted octanol–water partition coefficient (Wildman–Crippen LogP) is 5.39. The predicted molar refractivity (Wildman–Crippen MR) is 132 cm³/mol. The van der Waals surface area contributed by atoms with Gasteiger partial charge in [0.25, 0.3) is 0 Å². The van der Waals surface area contributed by atoms with Crippen LogP contribution in [0.5, 0.6) is 5.75 Å². The molecule has 2 aromatic carbocycles. The van der Waals surface area contributed by atoms with E-state index in [9.17, 15) is 18.0 Å². The van der Waals surface area contributed by atoms with Crippen LogP contribution in [0, 0.1) is 0 Å². The minimum Gasteiger partial charge on any atom is -0.440 e. The van der Waals surface area contributed by atoms with Gasteiger partial charge in [-0.05, 0) is 55.3 Å². The molecule has 4 rings (SSSR count). The van der Waals surface area contributed by atoms with E-state index in [4.69, 9.17) is 10.5 Å². The summed E-state index contributed by atoms with van der Waals surface area (Å²) in [5.41, 5.74) is 8.82. The van der Waals surface area contributed by atoms with E-state index in [1.807, 2.05) is 30.3 Å². The standard InChI is InChI=1S/C26H24F3N5O3/c1-16(22-4-2-3-13-31-22)36-25(35)34-23-14-21(23)17-5-7-18(8-6-17)24(30)33-15-32-19-9-11-20(12-10-19)37-26(27,28)29/h2-13,15-16,21,23H,14H2,1H3,(H,34,35)(H2,30,32,33). The number of nitrogens with one attached hydrogen (secondary N) is 1. The maximum atomic E-state index is 12.2. The van der Waals surface area contributed by atoms with Crippen molar-refractivity contribution in [1.82, 2.24) is 10.3 Å². The van der Waals surface area contributed by atoms with E-state index in [0.29, 0.717) is 16.9 Å². The number of alkyl halides is 3. The third-order valence-electron chi connectivity index (χ3n) is 5.59. The van der Waals surface area contributed by atoms with Crippen molar-refractivity contribution in [1.29, 1.82) is 0 Å². The number of nitrogens with two attached hydrogens (primary N) is 1. The number of hydrogen-bond acceptors (Lipinski definition) is 5. The van der Waals surface area contributed by atoms with E-state index in [2.05, 4.69) is 25.0 Å². The number of amidine groups is 1. The molecule has 0 saturated heterocycles. The monoisotopic (exact) mass is 511 g/mol. The minimum atomic E-state index is -4.75. The highest BCUT2D eigenvalue weighted by Gasteiger charge is 2.40. The van der Waals surface area contributed by atoms with Crippen LogP contribution in [0.3, 0.4) is 0 Å². The normalized spacial score (nSPS) is 18.3. The first-order valence-electron chi connectivity index (χ1n) is 11.4. The number of aromatic nitrogens is 1. The van der Waals surface area contributed by atoms with E-state index in [1.54, 1.807) is 25.3 Å². The Hall–Kier alpha value is -4.41. The minimum absolute atomic E-state index is 0.0136. The Morgan fingerprint density at radius 1 is 1.14 bits per heavy atom. The van der Waals surface area contributed by atoms with Crippen LogP contribution in [0.4, 0.5) is 23.7 Å². The molecule has 0 aliphatic heterocycles. The molecule has 3 unspecified atom stereocenters. The zero-order chi connectivity index (χ0) is 26.4. The Bertz CT molecular complexity index is 1260. The third kappa shape index (κ3) is 7.53. The topological polar surface area (TPSA) is 111 Å². The van der Waals surface area contributed by atoms with Gasteiger partial charge in [0, 0.05) is 23.7 Å². The maximum absolute atomic E-state index is 12.2. The molecule has 1 heterocycles. The highest BCUT2D eigenvalue weighted by molar-refractivity contribution is 6.01. The quantitative estimate of drug-likeness (QED) is 0.311. The smallest absolute Gasteiger partial charge is 0.440 e. The highest BCUT2D eigenvalue weighted by Crippen LogP contribution is 2.41. The van der Waals surface area contributed by atoms with Crippen LogP contribution in [-0.4, -0.2) is 35.7 Å². The number of halogens is 3. The second-order valence-corrected chi connectivity index (χ2v) is 8.32. The molecule has 0 bridgehead atoms. The Morgan fingerprint density at radius 3 is 2.51 bits per heavy atom. The number of hydrogen-bond donors (Lipinski definition) is 2. The molecule has 8 nitrogen and oxygen atoms in total. The van der Waals surface area contributed by atoms with E-state index >= 15 is 0 Å². The van der Waals surface area contributed by atoms with Crippen molar-refractivity contribution >= 4 is 24.0 Å². The van der Waals surface area contributed by atoms with Crippen LogP contribution in [0.25, 0.3) is 0 Å². The average Bonchev–Trinajstić information content (AvgIpc) is 3.63. The SMILES string of the molecule is CC(OC(=O)NC1CC1c1ccc(C(N)=NC=Nc2ccc(OC(F)(F)F)cc2)cc1)c1ccccn1. The Morgan fingerprint density at radius 2 is 1.86 bits per heavy atom. The van der Waals surface area contributed by atoms with Gasteiger partial charge in [-0.3, -0.25) is 4.98 Å². The number of benzene rings is 2. The first kappa shape index (κ1) is 25.7. The zero-order valence-electron chi connectivity index (χ0n) is 19.7. The van der Waals surface area contributed by atoms with Gasteiger partial charge in [-0.1, -0.05) is 30.3 Å². The molecule has 1 aliphatic rings. The van der Waals surface area contributed by atoms with Crippen LogP contribution < -0.4 is 15.8 Å². The molecule has 0 radical (unpaired) electrons. The summed E-state index contributed by atoms with van der Waals surface area (Å²) in [5, 5.41) is 2.88. The zero-order valence-corrected chi connectivity index (χ0v) is 19.7. The van der Waals surface area contributed by atoms with Crippen molar-refractivity contribution in [2.45, 2.75) is 37.8 Å². The van der Waals surface area contributed by atoms with Crippen molar-refractivity contribution in [3.05, 3.63) is 89.7 Å². The van der Waals surface area contributed by atoms with Gasteiger partial charge in [0.05, 0.1) is 11.4 Å². The fourth-order valence-electron chi connectivity index (χ4n) is 3.61. The number of aliphatic imine (C=N–C) groups is 2. The number of rotatable bonds is 8. The van der Waals surface area contributed by atoms with Gasteiger partial charge >= 0.3 is 12.5 Å². The summed E-state index contributed by atoms with van der Waals surface area (Å²) in [6.45, 7) is 1.77. The Labute approximate surface area is 211 Å². The highest BCUT2D eigenvalue weighted by atomic mass is 19.4. The summed E-state index contributed by atoms with van der Waals surface area (Å²) in [4.78, 5) is 24.5. The summed E-state index contributed by atoms with van der Waals surface area (Å²) in [7, 11) is 0. The second kappa shape index (κ2) is 11.1. The fourth-order valence-corrected chi connectivity index (χ4v) is 3.61. The van der Waals surface area contributed by atoms with E-state index in [1.165, 1.54) is 18.5 Å². The van der Waals surface area contributed by atoms with Crippen molar-refractivity contribution in [3.63, 3.8) is 0 Å². The number of nitrogens with zero attached hydrogens (tertiary/aromatic N) is 3. The summed E-state index contributed by atoms with van der Waals surface area (Å²) >= 11 is 0. The molecule has 1 fully saturated rings.